The number of methoxy groups -OCH3 is 1. The number of rotatable bonds is 3. The maximum absolute atomic E-state index is 4.91. The normalized spacial score (nSPS) is 9.18. The van der Waals surface area contributed by atoms with Crippen molar-refractivity contribution in [3.8, 4) is 5.88 Å². The zero-order chi connectivity index (χ0) is 8.10. The Labute approximate surface area is 66.5 Å². The minimum Gasteiger partial charge on any atom is -0.481 e. The summed E-state index contributed by atoms with van der Waals surface area (Å²) in [6.45, 7) is 3.64. The molecule has 0 saturated carbocycles. The lowest BCUT2D eigenvalue weighted by Crippen LogP contribution is -1.88. The SMILES string of the molecule is C=CCc1ccc(OC)nc1. The van der Waals surface area contributed by atoms with Gasteiger partial charge in [0.25, 0.3) is 0 Å². The molecular weight excluding hydrogens is 138 g/mol. The minimum atomic E-state index is 0.651. The molecule has 0 unspecified atom stereocenters. The predicted molar refractivity (Wildman–Crippen MR) is 44.7 cm³/mol. The van der Waals surface area contributed by atoms with Gasteiger partial charge in [0.1, 0.15) is 0 Å². The number of hydrogen-bond donors (Lipinski definition) is 0. The van der Waals surface area contributed by atoms with Crippen LogP contribution in [0.3, 0.4) is 0 Å². The lowest BCUT2D eigenvalue weighted by molar-refractivity contribution is 0.397. The molecule has 0 radical (unpaired) electrons. The van der Waals surface area contributed by atoms with Crippen molar-refractivity contribution in [2.24, 2.45) is 0 Å². The molecular formula is C9H11NO. The van der Waals surface area contributed by atoms with Gasteiger partial charge in [-0.2, -0.15) is 0 Å². The van der Waals surface area contributed by atoms with E-state index in [-0.39, 0.29) is 0 Å². The molecule has 11 heavy (non-hydrogen) atoms. The second kappa shape index (κ2) is 3.76. The van der Waals surface area contributed by atoms with Crippen LogP contribution in [0.15, 0.2) is 31.0 Å². The largest absolute Gasteiger partial charge is 0.481 e. The summed E-state index contributed by atoms with van der Waals surface area (Å²) in [5, 5.41) is 0. The molecule has 0 aliphatic heterocycles. The Balaban J connectivity index is 2.74. The van der Waals surface area contributed by atoms with E-state index in [1.54, 1.807) is 13.3 Å². The number of pyridine rings is 1. The van der Waals surface area contributed by atoms with Gasteiger partial charge in [0.15, 0.2) is 0 Å². The summed E-state index contributed by atoms with van der Waals surface area (Å²) >= 11 is 0. The highest BCUT2D eigenvalue weighted by Crippen LogP contribution is 2.06. The fourth-order valence-electron chi connectivity index (χ4n) is 0.819. The van der Waals surface area contributed by atoms with Crippen LogP contribution in [0.4, 0.5) is 0 Å². The second-order valence-electron chi connectivity index (χ2n) is 2.20. The summed E-state index contributed by atoms with van der Waals surface area (Å²) in [4.78, 5) is 4.05. The summed E-state index contributed by atoms with van der Waals surface area (Å²) in [6.07, 6.45) is 4.50. The summed E-state index contributed by atoms with van der Waals surface area (Å²) < 4.78 is 4.91. The average Bonchev–Trinajstić information content (AvgIpc) is 2.07. The van der Waals surface area contributed by atoms with Crippen LogP contribution in [-0.4, -0.2) is 12.1 Å². The van der Waals surface area contributed by atoms with Gasteiger partial charge in [-0.1, -0.05) is 12.1 Å². The molecule has 2 nitrogen and oxygen atoms in total. The van der Waals surface area contributed by atoms with E-state index in [1.807, 2.05) is 18.2 Å². The molecule has 0 atom stereocenters. The van der Waals surface area contributed by atoms with Gasteiger partial charge in [-0.3, -0.25) is 0 Å². The molecule has 0 saturated heterocycles. The minimum absolute atomic E-state index is 0.651. The van der Waals surface area contributed by atoms with E-state index in [2.05, 4.69) is 11.6 Å². The fourth-order valence-corrected chi connectivity index (χ4v) is 0.819. The molecule has 0 bridgehead atoms. The van der Waals surface area contributed by atoms with Crippen molar-refractivity contribution in [2.75, 3.05) is 7.11 Å². The summed E-state index contributed by atoms with van der Waals surface area (Å²) in [7, 11) is 1.61. The molecule has 0 amide bonds. The number of hydrogen-bond acceptors (Lipinski definition) is 2. The second-order valence-corrected chi connectivity index (χ2v) is 2.20. The van der Waals surface area contributed by atoms with Gasteiger partial charge in [-0.25, -0.2) is 4.98 Å². The molecule has 0 spiro atoms. The van der Waals surface area contributed by atoms with E-state index in [9.17, 15) is 0 Å². The molecule has 0 N–H and O–H groups in total. The lowest BCUT2D eigenvalue weighted by Gasteiger charge is -1.98. The Morgan fingerprint density at radius 1 is 1.64 bits per heavy atom. The number of aromatic nitrogens is 1. The Morgan fingerprint density at radius 2 is 2.45 bits per heavy atom. The van der Waals surface area contributed by atoms with Crippen LogP contribution in [0.1, 0.15) is 5.56 Å². The number of allylic oxidation sites excluding steroid dienone is 1. The van der Waals surface area contributed by atoms with Crippen LogP contribution in [0.25, 0.3) is 0 Å². The van der Waals surface area contributed by atoms with Crippen LogP contribution < -0.4 is 4.74 Å². The standard InChI is InChI=1S/C9H11NO/c1-3-4-8-5-6-9(11-2)10-7-8/h3,5-7H,1,4H2,2H3. The Hall–Kier alpha value is -1.31. The Bertz CT molecular complexity index is 228. The Kier molecular flexibility index (Phi) is 2.66. The molecule has 1 aromatic heterocycles. The van der Waals surface area contributed by atoms with Crippen molar-refractivity contribution in [2.45, 2.75) is 6.42 Å². The van der Waals surface area contributed by atoms with Crippen LogP contribution in [0.2, 0.25) is 0 Å². The van der Waals surface area contributed by atoms with E-state index in [0.29, 0.717) is 5.88 Å². The third-order valence-corrected chi connectivity index (χ3v) is 1.39. The summed E-state index contributed by atoms with van der Waals surface area (Å²) in [6, 6.07) is 3.83. The Morgan fingerprint density at radius 3 is 2.91 bits per heavy atom. The van der Waals surface area contributed by atoms with Gasteiger partial charge in [-0.15, -0.1) is 6.58 Å². The first-order valence-corrected chi connectivity index (χ1v) is 3.46. The van der Waals surface area contributed by atoms with Crippen LogP contribution in [0.5, 0.6) is 5.88 Å². The van der Waals surface area contributed by atoms with Crippen LogP contribution in [-0.2, 0) is 6.42 Å². The first kappa shape index (κ1) is 7.79. The van der Waals surface area contributed by atoms with Gasteiger partial charge < -0.3 is 4.74 Å². The monoisotopic (exact) mass is 149 g/mol. The maximum Gasteiger partial charge on any atom is 0.212 e. The van der Waals surface area contributed by atoms with E-state index < -0.39 is 0 Å². The highest BCUT2D eigenvalue weighted by Gasteiger charge is 1.91. The van der Waals surface area contributed by atoms with Crippen molar-refractivity contribution >= 4 is 0 Å². The zero-order valence-corrected chi connectivity index (χ0v) is 6.58. The lowest BCUT2D eigenvalue weighted by atomic mass is 10.2. The van der Waals surface area contributed by atoms with Crippen molar-refractivity contribution in [3.63, 3.8) is 0 Å². The van der Waals surface area contributed by atoms with Crippen molar-refractivity contribution < 1.29 is 4.74 Å². The predicted octanol–water partition coefficient (Wildman–Crippen LogP) is 1.82. The molecule has 58 valence electrons. The molecule has 0 aliphatic carbocycles. The van der Waals surface area contributed by atoms with E-state index >= 15 is 0 Å². The van der Waals surface area contributed by atoms with E-state index in [1.165, 1.54) is 0 Å². The first-order chi connectivity index (χ1) is 5.36. The van der Waals surface area contributed by atoms with Gasteiger partial charge in [0.05, 0.1) is 7.11 Å². The summed E-state index contributed by atoms with van der Waals surface area (Å²) in [5.41, 5.74) is 1.15. The summed E-state index contributed by atoms with van der Waals surface area (Å²) in [5.74, 6) is 0.651. The smallest absolute Gasteiger partial charge is 0.212 e. The zero-order valence-electron chi connectivity index (χ0n) is 6.58. The van der Waals surface area contributed by atoms with Gasteiger partial charge in [0.2, 0.25) is 5.88 Å². The highest BCUT2D eigenvalue weighted by atomic mass is 16.5. The molecule has 0 fully saturated rings. The van der Waals surface area contributed by atoms with Crippen molar-refractivity contribution in [3.05, 3.63) is 36.5 Å². The first-order valence-electron chi connectivity index (χ1n) is 3.46. The number of ether oxygens (including phenoxy) is 1. The third kappa shape index (κ3) is 2.08. The van der Waals surface area contributed by atoms with Crippen LogP contribution >= 0.6 is 0 Å². The van der Waals surface area contributed by atoms with Crippen LogP contribution in [0, 0.1) is 0 Å². The molecule has 1 heterocycles. The van der Waals surface area contributed by atoms with Crippen molar-refractivity contribution in [1.82, 2.24) is 4.98 Å². The van der Waals surface area contributed by atoms with E-state index in [4.69, 9.17) is 4.74 Å². The fraction of sp³-hybridized carbons (Fsp3) is 0.222. The van der Waals surface area contributed by atoms with Gasteiger partial charge in [-0.05, 0) is 12.0 Å². The van der Waals surface area contributed by atoms with Gasteiger partial charge >= 0.3 is 0 Å². The van der Waals surface area contributed by atoms with Gasteiger partial charge in [0, 0.05) is 12.3 Å². The molecule has 1 rings (SSSR count). The third-order valence-electron chi connectivity index (χ3n) is 1.39. The topological polar surface area (TPSA) is 22.1 Å². The maximum atomic E-state index is 4.91. The molecule has 1 aromatic rings. The number of nitrogens with zero attached hydrogens (tertiary/aromatic N) is 1. The highest BCUT2D eigenvalue weighted by molar-refractivity contribution is 5.19. The average molecular weight is 149 g/mol. The molecule has 0 aromatic carbocycles. The molecule has 2 heteroatoms. The quantitative estimate of drug-likeness (QED) is 0.611. The van der Waals surface area contributed by atoms with E-state index in [0.717, 1.165) is 12.0 Å². The van der Waals surface area contributed by atoms with Crippen molar-refractivity contribution in [1.29, 1.82) is 0 Å². The molecule has 0 aliphatic rings.